The Morgan fingerprint density at radius 1 is 1.00 bits per heavy atom. The number of hydrogen-bond donors (Lipinski definition) is 2. The van der Waals surface area contributed by atoms with Gasteiger partial charge in [0.25, 0.3) is 0 Å². The van der Waals surface area contributed by atoms with Gasteiger partial charge in [0.1, 0.15) is 0 Å². The molecule has 0 bridgehead atoms. The standard InChI is InChI=1S/C22H26N4O/c1-16-7-9-19(10-8-16)11-12-23-22(27)24-21-6-4-5-20(14-21)15-26-18(3)13-17(2)25-26/h4-10,13-14H,11-12,15H2,1-3H3,(H2,23,24,27). The smallest absolute Gasteiger partial charge is 0.319 e. The van der Waals surface area contributed by atoms with Gasteiger partial charge in [0.05, 0.1) is 12.2 Å². The molecule has 3 rings (SSSR count). The molecule has 2 aromatic carbocycles. The van der Waals surface area contributed by atoms with Gasteiger partial charge in [0, 0.05) is 17.9 Å². The van der Waals surface area contributed by atoms with Crippen LogP contribution in [0.3, 0.4) is 0 Å². The Kier molecular flexibility index (Phi) is 5.91. The molecule has 0 fully saturated rings. The number of benzene rings is 2. The highest BCUT2D eigenvalue weighted by atomic mass is 16.2. The maximum Gasteiger partial charge on any atom is 0.319 e. The van der Waals surface area contributed by atoms with Gasteiger partial charge in [-0.15, -0.1) is 0 Å². The zero-order chi connectivity index (χ0) is 19.2. The van der Waals surface area contributed by atoms with Crippen molar-refractivity contribution in [2.45, 2.75) is 33.7 Å². The van der Waals surface area contributed by atoms with E-state index < -0.39 is 0 Å². The molecule has 27 heavy (non-hydrogen) atoms. The van der Waals surface area contributed by atoms with E-state index in [1.807, 2.05) is 42.8 Å². The van der Waals surface area contributed by atoms with Crippen LogP contribution in [-0.2, 0) is 13.0 Å². The van der Waals surface area contributed by atoms with Crippen LogP contribution in [0.15, 0.2) is 54.6 Å². The molecule has 0 aliphatic heterocycles. The first-order valence-electron chi connectivity index (χ1n) is 9.20. The van der Waals surface area contributed by atoms with Gasteiger partial charge in [0.2, 0.25) is 0 Å². The molecule has 2 N–H and O–H groups in total. The average molecular weight is 362 g/mol. The van der Waals surface area contributed by atoms with E-state index in [1.165, 1.54) is 11.1 Å². The van der Waals surface area contributed by atoms with E-state index in [0.29, 0.717) is 13.1 Å². The van der Waals surface area contributed by atoms with E-state index in [-0.39, 0.29) is 6.03 Å². The molecule has 5 heteroatoms. The van der Waals surface area contributed by atoms with E-state index in [1.54, 1.807) is 0 Å². The van der Waals surface area contributed by atoms with Crippen LogP contribution < -0.4 is 10.6 Å². The molecular formula is C22H26N4O. The largest absolute Gasteiger partial charge is 0.338 e. The maximum absolute atomic E-state index is 12.1. The van der Waals surface area contributed by atoms with Crippen LogP contribution in [0.25, 0.3) is 0 Å². The highest BCUT2D eigenvalue weighted by Gasteiger charge is 2.05. The molecule has 0 aliphatic rings. The Morgan fingerprint density at radius 2 is 1.78 bits per heavy atom. The van der Waals surface area contributed by atoms with Gasteiger partial charge in [0.15, 0.2) is 0 Å². The summed E-state index contributed by atoms with van der Waals surface area (Å²) >= 11 is 0. The fourth-order valence-electron chi connectivity index (χ4n) is 3.01. The van der Waals surface area contributed by atoms with Gasteiger partial charge in [-0.25, -0.2) is 4.79 Å². The molecule has 0 radical (unpaired) electrons. The van der Waals surface area contributed by atoms with Crippen LogP contribution in [0.5, 0.6) is 0 Å². The van der Waals surface area contributed by atoms with Crippen LogP contribution in [0.2, 0.25) is 0 Å². The summed E-state index contributed by atoms with van der Waals surface area (Å²) in [6.07, 6.45) is 0.811. The number of nitrogens with zero attached hydrogens (tertiary/aromatic N) is 2. The summed E-state index contributed by atoms with van der Waals surface area (Å²) in [6, 6.07) is 18.1. The summed E-state index contributed by atoms with van der Waals surface area (Å²) < 4.78 is 1.97. The number of rotatable bonds is 6. The van der Waals surface area contributed by atoms with Crippen molar-refractivity contribution >= 4 is 11.7 Å². The van der Waals surface area contributed by atoms with Crippen molar-refractivity contribution in [1.82, 2.24) is 15.1 Å². The molecule has 0 unspecified atom stereocenters. The first-order chi connectivity index (χ1) is 13.0. The van der Waals surface area contributed by atoms with Gasteiger partial charge >= 0.3 is 6.03 Å². The average Bonchev–Trinajstić information content (AvgIpc) is 2.94. The topological polar surface area (TPSA) is 59.0 Å². The van der Waals surface area contributed by atoms with Crippen molar-refractivity contribution in [1.29, 1.82) is 0 Å². The van der Waals surface area contributed by atoms with E-state index >= 15 is 0 Å². The van der Waals surface area contributed by atoms with Gasteiger partial charge < -0.3 is 10.6 Å². The minimum absolute atomic E-state index is 0.189. The summed E-state index contributed by atoms with van der Waals surface area (Å²) in [6.45, 7) is 7.38. The second-order valence-corrected chi connectivity index (χ2v) is 6.90. The van der Waals surface area contributed by atoms with Crippen molar-refractivity contribution in [2.75, 3.05) is 11.9 Å². The number of urea groups is 1. The Bertz CT molecular complexity index is 912. The normalized spacial score (nSPS) is 10.6. The summed E-state index contributed by atoms with van der Waals surface area (Å²) in [7, 11) is 0. The van der Waals surface area contributed by atoms with Crippen molar-refractivity contribution < 1.29 is 4.79 Å². The SMILES string of the molecule is Cc1ccc(CCNC(=O)Nc2cccc(Cn3nc(C)cc3C)c2)cc1. The fourth-order valence-corrected chi connectivity index (χ4v) is 3.01. The van der Waals surface area contributed by atoms with Crippen molar-refractivity contribution in [3.05, 3.63) is 82.7 Å². The van der Waals surface area contributed by atoms with Crippen LogP contribution in [0.4, 0.5) is 10.5 Å². The number of amides is 2. The molecule has 5 nitrogen and oxygen atoms in total. The number of carbonyl (C=O) groups excluding carboxylic acids is 1. The van der Waals surface area contributed by atoms with Crippen LogP contribution in [0.1, 0.15) is 28.1 Å². The van der Waals surface area contributed by atoms with Crippen LogP contribution in [-0.4, -0.2) is 22.4 Å². The number of hydrogen-bond acceptors (Lipinski definition) is 2. The minimum Gasteiger partial charge on any atom is -0.338 e. The highest BCUT2D eigenvalue weighted by molar-refractivity contribution is 5.89. The second-order valence-electron chi connectivity index (χ2n) is 6.90. The van der Waals surface area contributed by atoms with Crippen LogP contribution >= 0.6 is 0 Å². The van der Waals surface area contributed by atoms with Gasteiger partial charge in [-0.1, -0.05) is 42.0 Å². The molecule has 0 aliphatic carbocycles. The minimum atomic E-state index is -0.189. The first-order valence-corrected chi connectivity index (χ1v) is 9.20. The zero-order valence-corrected chi connectivity index (χ0v) is 16.1. The monoisotopic (exact) mass is 362 g/mol. The molecule has 0 spiro atoms. The first kappa shape index (κ1) is 18.7. The zero-order valence-electron chi connectivity index (χ0n) is 16.1. The third-order valence-corrected chi connectivity index (χ3v) is 4.44. The molecule has 0 saturated carbocycles. The Labute approximate surface area is 160 Å². The second kappa shape index (κ2) is 8.54. The van der Waals surface area contributed by atoms with Crippen molar-refractivity contribution in [3.63, 3.8) is 0 Å². The predicted molar refractivity (Wildman–Crippen MR) is 109 cm³/mol. The van der Waals surface area contributed by atoms with E-state index in [4.69, 9.17) is 0 Å². The number of carbonyl (C=O) groups is 1. The van der Waals surface area contributed by atoms with E-state index in [0.717, 1.165) is 29.1 Å². The summed E-state index contributed by atoms with van der Waals surface area (Å²) in [4.78, 5) is 12.1. The highest BCUT2D eigenvalue weighted by Crippen LogP contribution is 2.13. The molecule has 1 aromatic heterocycles. The van der Waals surface area contributed by atoms with Crippen molar-refractivity contribution in [2.24, 2.45) is 0 Å². The lowest BCUT2D eigenvalue weighted by atomic mass is 10.1. The lowest BCUT2D eigenvalue weighted by Gasteiger charge is -2.10. The summed E-state index contributed by atoms with van der Waals surface area (Å²) in [5.41, 5.74) is 6.47. The number of nitrogens with one attached hydrogen (secondary N) is 2. The molecule has 3 aromatic rings. The summed E-state index contributed by atoms with van der Waals surface area (Å²) in [5, 5.41) is 10.3. The summed E-state index contributed by atoms with van der Waals surface area (Å²) in [5.74, 6) is 0. The molecule has 2 amide bonds. The fraction of sp³-hybridized carbons (Fsp3) is 0.273. The third kappa shape index (κ3) is 5.45. The molecular weight excluding hydrogens is 336 g/mol. The lowest BCUT2D eigenvalue weighted by Crippen LogP contribution is -2.30. The van der Waals surface area contributed by atoms with Crippen LogP contribution in [0, 0.1) is 20.8 Å². The lowest BCUT2D eigenvalue weighted by molar-refractivity contribution is 0.252. The Morgan fingerprint density at radius 3 is 2.48 bits per heavy atom. The maximum atomic E-state index is 12.1. The van der Waals surface area contributed by atoms with Gasteiger partial charge in [-0.2, -0.15) is 5.10 Å². The molecule has 0 saturated heterocycles. The quantitative estimate of drug-likeness (QED) is 0.690. The molecule has 140 valence electrons. The number of aryl methyl sites for hydroxylation is 3. The molecule has 0 atom stereocenters. The third-order valence-electron chi connectivity index (χ3n) is 4.44. The van der Waals surface area contributed by atoms with Gasteiger partial charge in [-0.3, -0.25) is 4.68 Å². The van der Waals surface area contributed by atoms with Crippen molar-refractivity contribution in [3.8, 4) is 0 Å². The van der Waals surface area contributed by atoms with E-state index in [2.05, 4.69) is 53.0 Å². The van der Waals surface area contributed by atoms with Gasteiger partial charge in [-0.05, 0) is 56.5 Å². The predicted octanol–water partition coefficient (Wildman–Crippen LogP) is 4.22. The van der Waals surface area contributed by atoms with E-state index in [9.17, 15) is 4.79 Å². The Hall–Kier alpha value is -3.08. The number of aromatic nitrogens is 2. The number of anilines is 1. The molecule has 1 heterocycles. The Balaban J connectivity index is 1.51.